The van der Waals surface area contributed by atoms with E-state index in [1.165, 1.54) is 6.07 Å². The lowest BCUT2D eigenvalue weighted by atomic mass is 10.3. The van der Waals surface area contributed by atoms with E-state index in [2.05, 4.69) is 20.0 Å². The van der Waals surface area contributed by atoms with Gasteiger partial charge in [0.1, 0.15) is 5.82 Å². The largest absolute Gasteiger partial charge is 0.481 e. The van der Waals surface area contributed by atoms with Gasteiger partial charge in [-0.25, -0.2) is 0 Å². The van der Waals surface area contributed by atoms with Crippen molar-refractivity contribution in [1.82, 2.24) is 15.3 Å². The van der Waals surface area contributed by atoms with Crippen molar-refractivity contribution in [3.63, 3.8) is 0 Å². The zero-order chi connectivity index (χ0) is 16.4. The molecule has 88 valence electrons. The van der Waals surface area contributed by atoms with Crippen LogP contribution in [0, 0.1) is 0 Å². The Bertz CT molecular complexity index is 481. The second kappa shape index (κ2) is 4.98. The van der Waals surface area contributed by atoms with E-state index in [0.29, 0.717) is 18.9 Å². The van der Waals surface area contributed by atoms with E-state index >= 15 is 0 Å². The minimum Gasteiger partial charge on any atom is -0.481 e. The van der Waals surface area contributed by atoms with Crippen LogP contribution in [-0.2, 0) is 0 Å². The number of anilines is 1. The fraction of sp³-hybridized carbons (Fsp3) is 0.600. The lowest BCUT2D eigenvalue weighted by Gasteiger charge is -2.28. The Morgan fingerprint density at radius 2 is 2.12 bits per heavy atom. The predicted molar refractivity (Wildman–Crippen MR) is 60.2 cm³/mol. The number of rotatable bonds is 3. The Morgan fingerprint density at radius 3 is 2.88 bits per heavy atom. The summed E-state index contributed by atoms with van der Waals surface area (Å²) < 4.78 is 52.0. The average molecular weight is 230 g/mol. The van der Waals surface area contributed by atoms with Crippen LogP contribution in [0.25, 0.3) is 0 Å². The van der Waals surface area contributed by atoms with Crippen LogP contribution in [0.2, 0.25) is 0 Å². The summed E-state index contributed by atoms with van der Waals surface area (Å²) in [6.07, 6.45) is 0. The molecule has 0 unspecified atom stereocenters. The summed E-state index contributed by atoms with van der Waals surface area (Å²) in [5.41, 5.74) is 0. The number of ether oxygens (including phenoxy) is 2. The quantitative estimate of drug-likeness (QED) is 0.782. The molecule has 6 nitrogen and oxygen atoms in total. The molecule has 1 aliphatic heterocycles. The number of piperazine rings is 1. The highest BCUT2D eigenvalue weighted by Crippen LogP contribution is 2.20. The zero-order valence-electron chi connectivity index (χ0n) is 14.6. The van der Waals surface area contributed by atoms with Gasteiger partial charge in [-0.3, -0.25) is 0 Å². The molecule has 0 aromatic carbocycles. The molecule has 2 heterocycles. The third kappa shape index (κ3) is 2.33. The molecular weight excluding hydrogens is 208 g/mol. The molecule has 0 atom stereocenters. The molecule has 0 saturated carbocycles. The molecule has 1 aliphatic rings. The van der Waals surface area contributed by atoms with Crippen molar-refractivity contribution in [2.24, 2.45) is 0 Å². The first-order valence-electron chi connectivity index (χ1n) is 7.85. The third-order valence-electron chi connectivity index (χ3n) is 2.31. The van der Waals surface area contributed by atoms with Crippen molar-refractivity contribution in [3.8, 4) is 11.9 Å². The van der Waals surface area contributed by atoms with Crippen molar-refractivity contribution in [1.29, 1.82) is 0 Å². The maximum atomic E-state index is 7.11. The van der Waals surface area contributed by atoms with Crippen LogP contribution in [-0.4, -0.2) is 50.2 Å². The van der Waals surface area contributed by atoms with Gasteiger partial charge in [-0.05, 0) is 0 Å². The number of aromatic nitrogens is 2. The Morgan fingerprint density at radius 1 is 1.31 bits per heavy atom. The fourth-order valence-electron chi connectivity index (χ4n) is 1.55. The Hall–Kier alpha value is -1.56. The molecule has 0 bridgehead atoms. The monoisotopic (exact) mass is 230 g/mol. The molecule has 0 amide bonds. The molecule has 0 spiro atoms. The number of nitrogens with zero attached hydrogens (tertiary/aromatic N) is 3. The van der Waals surface area contributed by atoms with Gasteiger partial charge in [-0.15, -0.1) is 0 Å². The number of nitrogens with one attached hydrogen (secondary N) is 1. The summed E-state index contributed by atoms with van der Waals surface area (Å²) in [4.78, 5) is 9.55. The minimum atomic E-state index is -2.74. The number of hydrogen-bond acceptors (Lipinski definition) is 6. The SMILES string of the molecule is [2H]C([2H])([2H])Oc1cc(N2CCNCC2)nc(OC([2H])([2H])[2H])n1. The van der Waals surface area contributed by atoms with Gasteiger partial charge < -0.3 is 19.7 Å². The summed E-state index contributed by atoms with van der Waals surface area (Å²) in [6.45, 7) is 2.73. The average Bonchev–Trinajstić information content (AvgIpc) is 2.35. The van der Waals surface area contributed by atoms with Gasteiger partial charge in [-0.1, -0.05) is 0 Å². The first-order valence-corrected chi connectivity index (χ1v) is 4.85. The third-order valence-corrected chi connectivity index (χ3v) is 2.31. The lowest BCUT2D eigenvalue weighted by molar-refractivity contribution is 0.351. The summed E-state index contributed by atoms with van der Waals surface area (Å²) >= 11 is 0. The van der Waals surface area contributed by atoms with Crippen molar-refractivity contribution >= 4 is 5.82 Å². The molecule has 1 fully saturated rings. The Labute approximate surface area is 103 Å². The van der Waals surface area contributed by atoms with Crippen molar-refractivity contribution < 1.29 is 17.7 Å². The van der Waals surface area contributed by atoms with Crippen molar-refractivity contribution in [2.75, 3.05) is 45.2 Å². The highest BCUT2D eigenvalue weighted by atomic mass is 16.5. The first-order chi connectivity index (χ1) is 10.1. The Kier molecular flexibility index (Phi) is 1.77. The van der Waals surface area contributed by atoms with E-state index in [1.807, 2.05) is 4.90 Å². The van der Waals surface area contributed by atoms with Gasteiger partial charge in [0.05, 0.1) is 22.3 Å². The molecule has 1 N–H and O–H groups in total. The molecule has 1 aromatic heterocycles. The second-order valence-electron chi connectivity index (χ2n) is 3.29. The fourth-order valence-corrected chi connectivity index (χ4v) is 1.55. The highest BCUT2D eigenvalue weighted by Gasteiger charge is 2.14. The van der Waals surface area contributed by atoms with Crippen molar-refractivity contribution in [3.05, 3.63) is 6.07 Å². The summed E-state index contributed by atoms with van der Waals surface area (Å²) in [7, 11) is -5.44. The molecule has 16 heavy (non-hydrogen) atoms. The molecule has 2 rings (SSSR count). The second-order valence-corrected chi connectivity index (χ2v) is 3.29. The van der Waals surface area contributed by atoms with E-state index in [0.717, 1.165) is 13.1 Å². The van der Waals surface area contributed by atoms with Crippen LogP contribution in [0.4, 0.5) is 5.82 Å². The zero-order valence-corrected chi connectivity index (χ0v) is 8.56. The van der Waals surface area contributed by atoms with Gasteiger partial charge >= 0.3 is 6.01 Å². The molecule has 0 aliphatic carbocycles. The predicted octanol–water partition coefficient (Wildman–Crippen LogP) is -0.0966. The topological polar surface area (TPSA) is 59.5 Å². The first kappa shape index (κ1) is 5.67. The van der Waals surface area contributed by atoms with Gasteiger partial charge in [0.15, 0.2) is 0 Å². The maximum absolute atomic E-state index is 7.11. The number of methoxy groups -OCH3 is 2. The van der Waals surface area contributed by atoms with Crippen molar-refractivity contribution in [2.45, 2.75) is 0 Å². The minimum absolute atomic E-state index is 0.261. The molecule has 1 aromatic rings. The van der Waals surface area contributed by atoms with Crippen LogP contribution in [0.3, 0.4) is 0 Å². The Balaban J connectivity index is 2.30. The maximum Gasteiger partial charge on any atom is 0.321 e. The summed E-state index contributed by atoms with van der Waals surface area (Å²) in [6, 6.07) is 0.902. The van der Waals surface area contributed by atoms with Crippen LogP contribution < -0.4 is 19.7 Å². The van der Waals surface area contributed by atoms with Gasteiger partial charge in [0.25, 0.3) is 0 Å². The number of hydrogen-bond donors (Lipinski definition) is 1. The van der Waals surface area contributed by atoms with E-state index in [1.54, 1.807) is 0 Å². The highest BCUT2D eigenvalue weighted by molar-refractivity contribution is 5.43. The van der Waals surface area contributed by atoms with Gasteiger partial charge in [0, 0.05) is 32.2 Å². The standard InChI is InChI=1S/C10H16N4O2/c1-15-9-7-8(12-10(13-9)16-2)14-5-3-11-4-6-14/h7,11H,3-6H2,1-2H3/i1D3,2D3. The van der Waals surface area contributed by atoms with Crippen LogP contribution in [0.15, 0.2) is 6.07 Å². The van der Waals surface area contributed by atoms with Gasteiger partial charge in [-0.2, -0.15) is 9.97 Å². The van der Waals surface area contributed by atoms with E-state index in [-0.39, 0.29) is 5.88 Å². The van der Waals surface area contributed by atoms with E-state index < -0.39 is 20.1 Å². The van der Waals surface area contributed by atoms with E-state index in [4.69, 9.17) is 13.0 Å². The summed E-state index contributed by atoms with van der Waals surface area (Å²) in [5, 5.41) is 3.16. The van der Waals surface area contributed by atoms with Crippen LogP contribution >= 0.6 is 0 Å². The van der Waals surface area contributed by atoms with Crippen LogP contribution in [0.1, 0.15) is 8.22 Å². The van der Waals surface area contributed by atoms with Crippen LogP contribution in [0.5, 0.6) is 11.9 Å². The van der Waals surface area contributed by atoms with Gasteiger partial charge in [0.2, 0.25) is 5.88 Å². The molecular formula is C10H16N4O2. The summed E-state index contributed by atoms with van der Waals surface area (Å²) in [5.74, 6) is 0.0952. The lowest BCUT2D eigenvalue weighted by Crippen LogP contribution is -2.43. The normalized spacial score (nSPS) is 23.1. The molecule has 1 saturated heterocycles. The smallest absolute Gasteiger partial charge is 0.321 e. The molecule has 0 radical (unpaired) electrons. The molecule has 6 heteroatoms. The van der Waals surface area contributed by atoms with E-state index in [9.17, 15) is 0 Å².